The number of hydrogen-bond donors (Lipinski definition) is 2. The van der Waals surface area contributed by atoms with Gasteiger partial charge in [0.05, 0.1) is 24.1 Å². The van der Waals surface area contributed by atoms with Crippen LogP contribution in [0, 0.1) is 0 Å². The third-order valence-electron chi connectivity index (χ3n) is 4.01. The van der Waals surface area contributed by atoms with Gasteiger partial charge in [0, 0.05) is 23.8 Å². The zero-order chi connectivity index (χ0) is 16.9. The molecule has 3 aromatic rings. The fourth-order valence-corrected chi connectivity index (χ4v) is 3.51. The Bertz CT molecular complexity index is 852. The summed E-state index contributed by atoms with van der Waals surface area (Å²) >= 11 is 1.84. The molecule has 25 heavy (non-hydrogen) atoms. The normalized spacial score (nSPS) is 11.4. The van der Waals surface area contributed by atoms with Crippen molar-refractivity contribution in [2.24, 2.45) is 12.0 Å². The number of aryl methyl sites for hydroxylation is 2. The van der Waals surface area contributed by atoms with Gasteiger partial charge in [0.25, 0.3) is 0 Å². The van der Waals surface area contributed by atoms with Crippen molar-refractivity contribution in [2.75, 3.05) is 7.05 Å². The van der Waals surface area contributed by atoms with Gasteiger partial charge in [0.1, 0.15) is 5.82 Å². The van der Waals surface area contributed by atoms with E-state index in [-0.39, 0.29) is 24.0 Å². The average Bonchev–Trinajstić information content (AvgIpc) is 3.20. The summed E-state index contributed by atoms with van der Waals surface area (Å²) < 4.78 is 2.11. The minimum absolute atomic E-state index is 0. The van der Waals surface area contributed by atoms with E-state index < -0.39 is 0 Å². The number of imidazole rings is 1. The Hall–Kier alpha value is -1.61. The lowest BCUT2D eigenvalue weighted by Crippen LogP contribution is -2.36. The standard InChI is InChI=1S/C18H23N5S.HI/c1-4-13-9-10-14(24-13)11-20-18(19-2)21-12-17-22-15-7-5-6-8-16(15)23(17)3;/h5-10H,4,11-12H2,1-3H3,(H2,19,20,21);1H. The summed E-state index contributed by atoms with van der Waals surface area (Å²) in [6.45, 7) is 3.60. The van der Waals surface area contributed by atoms with Crippen LogP contribution in [0.5, 0.6) is 0 Å². The number of thiophene rings is 1. The highest BCUT2D eigenvalue weighted by Gasteiger charge is 2.08. The van der Waals surface area contributed by atoms with Crippen LogP contribution in [0.4, 0.5) is 0 Å². The van der Waals surface area contributed by atoms with Gasteiger partial charge in [-0.3, -0.25) is 4.99 Å². The van der Waals surface area contributed by atoms with E-state index in [9.17, 15) is 0 Å². The number of aromatic nitrogens is 2. The molecule has 0 bridgehead atoms. The van der Waals surface area contributed by atoms with Crippen molar-refractivity contribution in [3.63, 3.8) is 0 Å². The Balaban J connectivity index is 0.00000225. The van der Waals surface area contributed by atoms with Crippen LogP contribution in [0.1, 0.15) is 22.5 Å². The van der Waals surface area contributed by atoms with Gasteiger partial charge in [-0.05, 0) is 30.7 Å². The van der Waals surface area contributed by atoms with Crippen LogP contribution in [0.2, 0.25) is 0 Å². The lowest BCUT2D eigenvalue weighted by molar-refractivity contribution is 0.738. The molecule has 0 saturated heterocycles. The number of rotatable bonds is 5. The number of halogens is 1. The van der Waals surface area contributed by atoms with E-state index in [1.165, 1.54) is 9.75 Å². The van der Waals surface area contributed by atoms with Crippen molar-refractivity contribution >= 4 is 52.3 Å². The largest absolute Gasteiger partial charge is 0.352 e. The second kappa shape index (κ2) is 9.19. The van der Waals surface area contributed by atoms with E-state index in [0.29, 0.717) is 6.54 Å². The Morgan fingerprint density at radius 3 is 2.52 bits per heavy atom. The predicted molar refractivity (Wildman–Crippen MR) is 117 cm³/mol. The van der Waals surface area contributed by atoms with E-state index in [1.54, 1.807) is 7.05 Å². The number of nitrogens with one attached hydrogen (secondary N) is 2. The molecule has 0 atom stereocenters. The number of benzene rings is 1. The summed E-state index contributed by atoms with van der Waals surface area (Å²) in [4.78, 5) is 11.7. The van der Waals surface area contributed by atoms with Crippen LogP contribution in [0.15, 0.2) is 41.4 Å². The number of para-hydroxylation sites is 2. The molecule has 0 radical (unpaired) electrons. The molecule has 7 heteroatoms. The van der Waals surface area contributed by atoms with Crippen LogP contribution in [0.25, 0.3) is 11.0 Å². The highest BCUT2D eigenvalue weighted by Crippen LogP contribution is 2.16. The third kappa shape index (κ3) is 4.72. The third-order valence-corrected chi connectivity index (χ3v) is 5.24. The highest BCUT2D eigenvalue weighted by atomic mass is 127. The zero-order valence-corrected chi connectivity index (χ0v) is 17.9. The van der Waals surface area contributed by atoms with E-state index in [4.69, 9.17) is 0 Å². The Morgan fingerprint density at radius 2 is 1.84 bits per heavy atom. The van der Waals surface area contributed by atoms with Crippen molar-refractivity contribution in [3.8, 4) is 0 Å². The van der Waals surface area contributed by atoms with Crippen LogP contribution in [-0.4, -0.2) is 22.6 Å². The number of aliphatic imine (C=N–C) groups is 1. The molecule has 2 N–H and O–H groups in total. The maximum Gasteiger partial charge on any atom is 0.191 e. The van der Waals surface area contributed by atoms with Gasteiger partial charge in [0.2, 0.25) is 0 Å². The Morgan fingerprint density at radius 1 is 1.12 bits per heavy atom. The molecule has 2 heterocycles. The molecule has 0 saturated carbocycles. The predicted octanol–water partition coefficient (Wildman–Crippen LogP) is 3.68. The summed E-state index contributed by atoms with van der Waals surface area (Å²) in [7, 11) is 3.83. The molecule has 0 fully saturated rings. The fraction of sp³-hybridized carbons (Fsp3) is 0.333. The van der Waals surface area contributed by atoms with Crippen molar-refractivity contribution in [1.82, 2.24) is 20.2 Å². The summed E-state index contributed by atoms with van der Waals surface area (Å²) in [6.07, 6.45) is 1.09. The molecule has 1 aromatic carbocycles. The Kier molecular flexibility index (Phi) is 7.24. The van der Waals surface area contributed by atoms with Gasteiger partial charge < -0.3 is 15.2 Å². The van der Waals surface area contributed by atoms with E-state index in [0.717, 1.165) is 35.8 Å². The van der Waals surface area contributed by atoms with Gasteiger partial charge >= 0.3 is 0 Å². The minimum atomic E-state index is 0. The molecule has 134 valence electrons. The maximum absolute atomic E-state index is 4.67. The molecular weight excluding hydrogens is 445 g/mol. The molecule has 0 amide bonds. The smallest absolute Gasteiger partial charge is 0.191 e. The lowest BCUT2D eigenvalue weighted by atomic mass is 10.3. The van der Waals surface area contributed by atoms with Gasteiger partial charge in [-0.15, -0.1) is 35.3 Å². The summed E-state index contributed by atoms with van der Waals surface area (Å²) in [6, 6.07) is 12.5. The van der Waals surface area contributed by atoms with Crippen molar-refractivity contribution in [1.29, 1.82) is 0 Å². The van der Waals surface area contributed by atoms with E-state index in [2.05, 4.69) is 50.3 Å². The summed E-state index contributed by atoms with van der Waals surface area (Å²) in [5, 5.41) is 6.70. The number of nitrogens with zero attached hydrogens (tertiary/aromatic N) is 3. The minimum Gasteiger partial charge on any atom is -0.352 e. The molecular formula is C18H24IN5S. The van der Waals surface area contributed by atoms with Crippen LogP contribution >= 0.6 is 35.3 Å². The first kappa shape index (κ1) is 19.7. The second-order valence-corrected chi connectivity index (χ2v) is 6.83. The Labute approximate surface area is 169 Å². The van der Waals surface area contributed by atoms with E-state index in [1.807, 2.05) is 36.6 Å². The van der Waals surface area contributed by atoms with Crippen molar-refractivity contribution in [2.45, 2.75) is 26.4 Å². The van der Waals surface area contributed by atoms with Crippen molar-refractivity contribution in [3.05, 3.63) is 52.0 Å². The van der Waals surface area contributed by atoms with Crippen LogP contribution in [-0.2, 0) is 26.6 Å². The second-order valence-electron chi connectivity index (χ2n) is 5.58. The van der Waals surface area contributed by atoms with Gasteiger partial charge in [-0.1, -0.05) is 19.1 Å². The molecule has 3 rings (SSSR count). The fourth-order valence-electron chi connectivity index (χ4n) is 2.62. The lowest BCUT2D eigenvalue weighted by Gasteiger charge is -2.11. The quantitative estimate of drug-likeness (QED) is 0.341. The van der Waals surface area contributed by atoms with Crippen molar-refractivity contribution < 1.29 is 0 Å². The zero-order valence-electron chi connectivity index (χ0n) is 14.7. The topological polar surface area (TPSA) is 54.2 Å². The average molecular weight is 469 g/mol. The monoisotopic (exact) mass is 469 g/mol. The molecule has 5 nitrogen and oxygen atoms in total. The summed E-state index contributed by atoms with van der Waals surface area (Å²) in [5.41, 5.74) is 2.16. The molecule has 0 aliphatic heterocycles. The SMILES string of the molecule is CCc1ccc(CNC(=NC)NCc2nc3ccccc3n2C)s1.I. The summed E-state index contributed by atoms with van der Waals surface area (Å²) in [5.74, 6) is 1.78. The van der Waals surface area contributed by atoms with Gasteiger partial charge in [0.15, 0.2) is 5.96 Å². The number of fused-ring (bicyclic) bond motifs is 1. The van der Waals surface area contributed by atoms with Crippen LogP contribution in [0.3, 0.4) is 0 Å². The van der Waals surface area contributed by atoms with Crippen LogP contribution < -0.4 is 10.6 Å². The highest BCUT2D eigenvalue weighted by molar-refractivity contribution is 14.0. The molecule has 2 aromatic heterocycles. The molecule has 0 unspecified atom stereocenters. The first-order chi connectivity index (χ1) is 11.7. The van der Waals surface area contributed by atoms with E-state index >= 15 is 0 Å². The molecule has 0 spiro atoms. The maximum atomic E-state index is 4.67. The number of hydrogen-bond acceptors (Lipinski definition) is 3. The number of guanidine groups is 1. The first-order valence-electron chi connectivity index (χ1n) is 8.13. The first-order valence-corrected chi connectivity index (χ1v) is 8.95. The molecule has 0 aliphatic rings. The van der Waals surface area contributed by atoms with Gasteiger partial charge in [-0.2, -0.15) is 0 Å². The van der Waals surface area contributed by atoms with Gasteiger partial charge in [-0.25, -0.2) is 4.98 Å². The molecule has 0 aliphatic carbocycles.